The molecule has 0 spiro atoms. The largest absolute Gasteiger partial charge is 0.496 e. The lowest BCUT2D eigenvalue weighted by atomic mass is 9.93. The molecule has 0 heterocycles. The number of benzene rings is 1. The Balaban J connectivity index is 2.03. The summed E-state index contributed by atoms with van der Waals surface area (Å²) in [6, 6.07) is 8.40. The quantitative estimate of drug-likeness (QED) is 0.917. The van der Waals surface area contributed by atoms with Crippen molar-refractivity contribution in [1.82, 2.24) is 4.90 Å². The highest BCUT2D eigenvalue weighted by atomic mass is 16.5. The maximum absolute atomic E-state index is 10.4. The zero-order valence-corrected chi connectivity index (χ0v) is 12.7. The smallest absolute Gasteiger partial charge is 0.123 e. The fourth-order valence-electron chi connectivity index (χ4n) is 3.18. The van der Waals surface area contributed by atoms with E-state index in [0.29, 0.717) is 0 Å². The van der Waals surface area contributed by atoms with E-state index < -0.39 is 0 Å². The first-order valence-electron chi connectivity index (χ1n) is 7.72. The molecule has 1 aliphatic carbocycles. The summed E-state index contributed by atoms with van der Waals surface area (Å²) >= 11 is 0. The Morgan fingerprint density at radius 3 is 2.60 bits per heavy atom. The maximum Gasteiger partial charge on any atom is 0.123 e. The van der Waals surface area contributed by atoms with Crippen molar-refractivity contribution >= 4 is 0 Å². The highest BCUT2D eigenvalue weighted by molar-refractivity contribution is 5.33. The molecule has 1 aliphatic rings. The molecule has 1 fully saturated rings. The maximum atomic E-state index is 10.4. The van der Waals surface area contributed by atoms with Crippen LogP contribution in [-0.4, -0.2) is 36.3 Å². The number of aliphatic hydroxyl groups is 1. The summed E-state index contributed by atoms with van der Waals surface area (Å²) in [7, 11) is 3.82. The fraction of sp³-hybridized carbons (Fsp3) is 0.647. The topological polar surface area (TPSA) is 32.7 Å². The van der Waals surface area contributed by atoms with Crippen LogP contribution in [0.5, 0.6) is 5.75 Å². The number of hydrogen-bond donors (Lipinski definition) is 1. The molecule has 1 saturated carbocycles. The molecule has 3 heteroatoms. The molecule has 0 bridgehead atoms. The summed E-state index contributed by atoms with van der Waals surface area (Å²) in [5, 5.41) is 10.4. The van der Waals surface area contributed by atoms with E-state index >= 15 is 0 Å². The van der Waals surface area contributed by atoms with Crippen molar-refractivity contribution in [3.63, 3.8) is 0 Å². The number of nitrogens with zero attached hydrogens (tertiary/aromatic N) is 1. The van der Waals surface area contributed by atoms with Gasteiger partial charge in [0.2, 0.25) is 0 Å². The van der Waals surface area contributed by atoms with E-state index in [1.54, 1.807) is 7.11 Å². The van der Waals surface area contributed by atoms with Crippen LogP contribution in [0.25, 0.3) is 0 Å². The van der Waals surface area contributed by atoms with Crippen LogP contribution in [0.2, 0.25) is 0 Å². The van der Waals surface area contributed by atoms with E-state index in [9.17, 15) is 5.11 Å². The average Bonchev–Trinajstić information content (AvgIpc) is 2.43. The predicted molar refractivity (Wildman–Crippen MR) is 82.0 cm³/mol. The van der Waals surface area contributed by atoms with Crippen molar-refractivity contribution in [2.24, 2.45) is 0 Å². The molecule has 112 valence electrons. The van der Waals surface area contributed by atoms with Gasteiger partial charge in [0.05, 0.1) is 13.2 Å². The molecule has 1 aromatic carbocycles. The van der Waals surface area contributed by atoms with Crippen LogP contribution in [0.1, 0.15) is 44.1 Å². The Morgan fingerprint density at radius 2 is 1.85 bits per heavy atom. The molecule has 20 heavy (non-hydrogen) atoms. The van der Waals surface area contributed by atoms with Gasteiger partial charge >= 0.3 is 0 Å². The Bertz CT molecular complexity index is 408. The minimum atomic E-state index is -0.199. The van der Waals surface area contributed by atoms with Crippen molar-refractivity contribution in [3.8, 4) is 5.75 Å². The van der Waals surface area contributed by atoms with Crippen molar-refractivity contribution in [2.45, 2.75) is 57.2 Å². The third-order valence-corrected chi connectivity index (χ3v) is 4.37. The molecule has 0 saturated heterocycles. The van der Waals surface area contributed by atoms with Crippen LogP contribution in [0.3, 0.4) is 0 Å². The Hall–Kier alpha value is -1.06. The van der Waals surface area contributed by atoms with Gasteiger partial charge < -0.3 is 9.84 Å². The average molecular weight is 277 g/mol. The third kappa shape index (κ3) is 3.97. The van der Waals surface area contributed by atoms with Crippen LogP contribution in [0.4, 0.5) is 0 Å². The molecule has 1 aromatic rings. The lowest BCUT2D eigenvalue weighted by Crippen LogP contribution is -2.41. The van der Waals surface area contributed by atoms with Crippen LogP contribution in [0.15, 0.2) is 24.3 Å². The van der Waals surface area contributed by atoms with E-state index in [2.05, 4.69) is 18.0 Å². The predicted octanol–water partition coefficient (Wildman–Crippen LogP) is 3.21. The van der Waals surface area contributed by atoms with Gasteiger partial charge in [-0.3, -0.25) is 4.90 Å². The van der Waals surface area contributed by atoms with Crippen LogP contribution in [0, 0.1) is 0 Å². The number of methoxy groups -OCH3 is 1. The van der Waals surface area contributed by atoms with Gasteiger partial charge in [-0.05, 0) is 26.0 Å². The number of hydrogen-bond acceptors (Lipinski definition) is 3. The number of ether oxygens (including phenoxy) is 1. The standard InChI is InChI=1S/C17H27NO2/c1-18(13-14-9-7-8-12-17(14)20-2)15-10-5-3-4-6-11-16(15)19/h7-9,12,15-16,19H,3-6,10-11,13H2,1-2H3. The van der Waals surface area contributed by atoms with Gasteiger partial charge in [0.1, 0.15) is 5.75 Å². The van der Waals surface area contributed by atoms with Crippen LogP contribution in [-0.2, 0) is 6.54 Å². The molecule has 2 atom stereocenters. The molecule has 1 N–H and O–H groups in total. The highest BCUT2D eigenvalue weighted by Crippen LogP contribution is 2.25. The third-order valence-electron chi connectivity index (χ3n) is 4.37. The number of para-hydroxylation sites is 1. The highest BCUT2D eigenvalue weighted by Gasteiger charge is 2.24. The molecule has 0 aliphatic heterocycles. The molecule has 3 nitrogen and oxygen atoms in total. The first kappa shape index (κ1) is 15.3. The number of likely N-dealkylation sites (N-methyl/N-ethyl adjacent to an activating group) is 1. The lowest BCUT2D eigenvalue weighted by molar-refractivity contribution is 0.0404. The SMILES string of the molecule is COc1ccccc1CN(C)C1CCCCCCC1O. The van der Waals surface area contributed by atoms with Gasteiger partial charge in [-0.15, -0.1) is 0 Å². The number of rotatable bonds is 4. The molecule has 0 amide bonds. The summed E-state index contributed by atoms with van der Waals surface area (Å²) in [6.07, 6.45) is 6.76. The van der Waals surface area contributed by atoms with Crippen molar-refractivity contribution in [1.29, 1.82) is 0 Å². The summed E-state index contributed by atoms with van der Waals surface area (Å²) in [5.74, 6) is 0.930. The van der Waals surface area contributed by atoms with E-state index in [1.807, 2.05) is 18.2 Å². The Kier molecular flexibility index (Phi) is 5.86. The molecule has 2 rings (SSSR count). The first-order chi connectivity index (χ1) is 9.72. The zero-order chi connectivity index (χ0) is 14.4. The van der Waals surface area contributed by atoms with E-state index in [-0.39, 0.29) is 12.1 Å². The molecule has 2 unspecified atom stereocenters. The minimum absolute atomic E-state index is 0.199. The second-order valence-corrected chi connectivity index (χ2v) is 5.85. The molecular formula is C17H27NO2. The fourth-order valence-corrected chi connectivity index (χ4v) is 3.18. The summed E-state index contributed by atoms with van der Waals surface area (Å²) in [5.41, 5.74) is 1.19. The van der Waals surface area contributed by atoms with Gasteiger partial charge in [0.15, 0.2) is 0 Å². The summed E-state index contributed by atoms with van der Waals surface area (Å²) < 4.78 is 5.42. The Morgan fingerprint density at radius 1 is 1.15 bits per heavy atom. The van der Waals surface area contributed by atoms with Gasteiger partial charge in [-0.2, -0.15) is 0 Å². The zero-order valence-electron chi connectivity index (χ0n) is 12.7. The van der Waals surface area contributed by atoms with E-state index in [1.165, 1.54) is 24.8 Å². The van der Waals surface area contributed by atoms with E-state index in [0.717, 1.165) is 31.6 Å². The second kappa shape index (κ2) is 7.65. The summed E-state index contributed by atoms with van der Waals surface area (Å²) in [6.45, 7) is 0.825. The van der Waals surface area contributed by atoms with Crippen molar-refractivity contribution in [3.05, 3.63) is 29.8 Å². The van der Waals surface area contributed by atoms with Gasteiger partial charge in [-0.1, -0.05) is 43.9 Å². The van der Waals surface area contributed by atoms with Gasteiger partial charge in [-0.25, -0.2) is 0 Å². The van der Waals surface area contributed by atoms with Gasteiger partial charge in [0, 0.05) is 18.2 Å². The van der Waals surface area contributed by atoms with Crippen molar-refractivity contribution in [2.75, 3.05) is 14.2 Å². The van der Waals surface area contributed by atoms with E-state index in [4.69, 9.17) is 4.74 Å². The van der Waals surface area contributed by atoms with Crippen molar-refractivity contribution < 1.29 is 9.84 Å². The minimum Gasteiger partial charge on any atom is -0.496 e. The normalized spacial score (nSPS) is 24.2. The van der Waals surface area contributed by atoms with Gasteiger partial charge in [0.25, 0.3) is 0 Å². The molecule has 0 aromatic heterocycles. The molecular weight excluding hydrogens is 250 g/mol. The lowest BCUT2D eigenvalue weighted by Gasteiger charge is -2.33. The number of aliphatic hydroxyl groups excluding tert-OH is 1. The molecule has 0 radical (unpaired) electrons. The van der Waals surface area contributed by atoms with Crippen LogP contribution < -0.4 is 4.74 Å². The first-order valence-corrected chi connectivity index (χ1v) is 7.72. The Labute approximate surface area is 122 Å². The monoisotopic (exact) mass is 277 g/mol. The second-order valence-electron chi connectivity index (χ2n) is 5.85. The van der Waals surface area contributed by atoms with Crippen LogP contribution >= 0.6 is 0 Å². The summed E-state index contributed by atoms with van der Waals surface area (Å²) in [4.78, 5) is 2.29.